The molecule has 1 heterocycles. The zero-order valence-corrected chi connectivity index (χ0v) is 17.0. The summed E-state index contributed by atoms with van der Waals surface area (Å²) in [6.45, 7) is 1.50. The molecule has 0 saturated carbocycles. The zero-order chi connectivity index (χ0) is 21.7. The van der Waals surface area contributed by atoms with Gasteiger partial charge >= 0.3 is 5.97 Å². The number of ether oxygens (including phenoxy) is 2. The van der Waals surface area contributed by atoms with Gasteiger partial charge in [-0.05, 0) is 43.3 Å². The van der Waals surface area contributed by atoms with E-state index in [9.17, 15) is 14.4 Å². The number of anilines is 1. The largest absolute Gasteiger partial charge is 0.497 e. The number of aryl methyl sites for hydroxylation is 1. The van der Waals surface area contributed by atoms with Crippen LogP contribution in [-0.4, -0.2) is 34.6 Å². The van der Waals surface area contributed by atoms with E-state index in [1.54, 1.807) is 62.7 Å². The van der Waals surface area contributed by atoms with Crippen molar-refractivity contribution < 1.29 is 19.1 Å². The van der Waals surface area contributed by atoms with E-state index in [0.29, 0.717) is 28.2 Å². The Balaban J connectivity index is 1.57. The van der Waals surface area contributed by atoms with Gasteiger partial charge in [-0.1, -0.05) is 12.1 Å². The van der Waals surface area contributed by atoms with E-state index in [-0.39, 0.29) is 18.4 Å². The smallest absolute Gasteiger partial charge is 0.307 e. The van der Waals surface area contributed by atoms with Gasteiger partial charge in [0.15, 0.2) is 6.10 Å². The number of hydrogen-bond acceptors (Lipinski definition) is 6. The molecule has 156 valence electrons. The lowest BCUT2D eigenvalue weighted by atomic mass is 10.2. The molecule has 0 saturated heterocycles. The third-order valence-corrected chi connectivity index (χ3v) is 4.66. The van der Waals surface area contributed by atoms with Crippen molar-refractivity contribution in [1.82, 2.24) is 9.55 Å². The number of amides is 1. The summed E-state index contributed by atoms with van der Waals surface area (Å²) in [4.78, 5) is 41.3. The summed E-state index contributed by atoms with van der Waals surface area (Å²) < 4.78 is 11.7. The fraction of sp³-hybridized carbons (Fsp3) is 0.273. The van der Waals surface area contributed by atoms with E-state index in [2.05, 4.69) is 10.3 Å². The third kappa shape index (κ3) is 4.83. The van der Waals surface area contributed by atoms with Gasteiger partial charge in [-0.3, -0.25) is 19.0 Å². The molecule has 3 aromatic rings. The number of aromatic nitrogens is 2. The summed E-state index contributed by atoms with van der Waals surface area (Å²) in [6.07, 6.45) is -0.742. The molecule has 1 atom stereocenters. The molecule has 0 aliphatic rings. The molecule has 0 fully saturated rings. The second-order valence-electron chi connectivity index (χ2n) is 6.76. The van der Waals surface area contributed by atoms with Crippen LogP contribution < -0.4 is 15.6 Å². The van der Waals surface area contributed by atoms with Crippen LogP contribution in [-0.2, 0) is 27.8 Å². The fourth-order valence-electron chi connectivity index (χ4n) is 2.93. The van der Waals surface area contributed by atoms with Crippen LogP contribution in [0.4, 0.5) is 5.69 Å². The maximum atomic E-state index is 12.4. The zero-order valence-electron chi connectivity index (χ0n) is 17.0. The van der Waals surface area contributed by atoms with Crippen molar-refractivity contribution in [1.29, 1.82) is 0 Å². The molecule has 0 aliphatic carbocycles. The SMILES string of the molecule is COc1ccc(NC(=O)C(C)OC(=O)CCc2nc3ccccc3c(=O)n2C)cc1. The van der Waals surface area contributed by atoms with Gasteiger partial charge in [-0.25, -0.2) is 4.98 Å². The Labute approximate surface area is 173 Å². The first kappa shape index (κ1) is 21.0. The number of para-hydroxylation sites is 1. The lowest BCUT2D eigenvalue weighted by Gasteiger charge is -2.14. The van der Waals surface area contributed by atoms with Crippen molar-refractivity contribution >= 4 is 28.5 Å². The minimum absolute atomic E-state index is 0.00121. The van der Waals surface area contributed by atoms with E-state index in [1.165, 1.54) is 11.5 Å². The van der Waals surface area contributed by atoms with Crippen LogP contribution >= 0.6 is 0 Å². The molecule has 0 bridgehead atoms. The summed E-state index contributed by atoms with van der Waals surface area (Å²) in [5, 5.41) is 3.20. The maximum absolute atomic E-state index is 12.4. The number of nitrogens with zero attached hydrogens (tertiary/aromatic N) is 2. The number of rotatable bonds is 7. The van der Waals surface area contributed by atoms with Crippen molar-refractivity contribution in [2.24, 2.45) is 7.05 Å². The molecule has 0 radical (unpaired) electrons. The van der Waals surface area contributed by atoms with Gasteiger partial charge in [0.1, 0.15) is 11.6 Å². The molecule has 1 N–H and O–H groups in total. The van der Waals surface area contributed by atoms with Crippen LogP contribution in [0, 0.1) is 0 Å². The summed E-state index contributed by atoms with van der Waals surface area (Å²) in [5.41, 5.74) is 0.978. The number of hydrogen-bond donors (Lipinski definition) is 1. The van der Waals surface area contributed by atoms with E-state index in [0.717, 1.165) is 0 Å². The predicted octanol–water partition coefficient (Wildman–Crippen LogP) is 2.45. The Bertz CT molecular complexity index is 1120. The lowest BCUT2D eigenvalue weighted by molar-refractivity contribution is -0.153. The number of methoxy groups -OCH3 is 1. The van der Waals surface area contributed by atoms with E-state index in [4.69, 9.17) is 9.47 Å². The number of fused-ring (bicyclic) bond motifs is 1. The maximum Gasteiger partial charge on any atom is 0.307 e. The summed E-state index contributed by atoms with van der Waals surface area (Å²) >= 11 is 0. The minimum Gasteiger partial charge on any atom is -0.497 e. The Morgan fingerprint density at radius 3 is 2.53 bits per heavy atom. The van der Waals surface area contributed by atoms with Crippen LogP contribution in [0.5, 0.6) is 5.75 Å². The monoisotopic (exact) mass is 409 g/mol. The fourth-order valence-corrected chi connectivity index (χ4v) is 2.93. The standard InChI is InChI=1S/C22H23N3O5/c1-14(21(27)23-15-8-10-16(29-3)11-9-15)30-20(26)13-12-19-24-18-7-5-4-6-17(18)22(28)25(19)2/h4-11,14H,12-13H2,1-3H3,(H,23,27). The Morgan fingerprint density at radius 2 is 1.83 bits per heavy atom. The average Bonchev–Trinajstić information content (AvgIpc) is 2.75. The number of benzene rings is 2. The molecule has 0 spiro atoms. The van der Waals surface area contributed by atoms with Crippen molar-refractivity contribution in [3.63, 3.8) is 0 Å². The highest BCUT2D eigenvalue weighted by atomic mass is 16.5. The number of carbonyl (C=O) groups excluding carboxylic acids is 2. The van der Waals surface area contributed by atoms with Gasteiger partial charge in [0.25, 0.3) is 11.5 Å². The van der Waals surface area contributed by atoms with Crippen LogP contribution in [0.15, 0.2) is 53.3 Å². The molecule has 2 aromatic carbocycles. The average molecular weight is 409 g/mol. The first-order valence-corrected chi connectivity index (χ1v) is 9.48. The Morgan fingerprint density at radius 1 is 1.13 bits per heavy atom. The number of carbonyl (C=O) groups is 2. The second kappa shape index (κ2) is 9.21. The van der Waals surface area contributed by atoms with Gasteiger partial charge in [-0.15, -0.1) is 0 Å². The van der Waals surface area contributed by atoms with Crippen LogP contribution in [0.1, 0.15) is 19.2 Å². The predicted molar refractivity (Wildman–Crippen MR) is 112 cm³/mol. The Kier molecular flexibility index (Phi) is 6.46. The topological polar surface area (TPSA) is 99.5 Å². The molecule has 3 rings (SSSR count). The third-order valence-electron chi connectivity index (χ3n) is 4.66. The van der Waals surface area contributed by atoms with E-state index >= 15 is 0 Å². The highest BCUT2D eigenvalue weighted by Gasteiger charge is 2.19. The first-order valence-electron chi connectivity index (χ1n) is 9.48. The number of esters is 1. The van der Waals surface area contributed by atoms with Gasteiger partial charge in [-0.2, -0.15) is 0 Å². The summed E-state index contributed by atoms with van der Waals surface area (Å²) in [6, 6.07) is 13.9. The quantitative estimate of drug-likeness (QED) is 0.602. The van der Waals surface area contributed by atoms with Gasteiger partial charge in [0, 0.05) is 19.2 Å². The molecule has 0 aliphatic heterocycles. The molecular formula is C22H23N3O5. The lowest BCUT2D eigenvalue weighted by Crippen LogP contribution is -2.30. The van der Waals surface area contributed by atoms with Gasteiger partial charge < -0.3 is 14.8 Å². The first-order chi connectivity index (χ1) is 14.4. The second-order valence-corrected chi connectivity index (χ2v) is 6.76. The summed E-state index contributed by atoms with van der Waals surface area (Å²) in [5.74, 6) is 0.162. The highest BCUT2D eigenvalue weighted by molar-refractivity contribution is 5.95. The molecule has 1 unspecified atom stereocenters. The molecule has 1 aromatic heterocycles. The van der Waals surface area contributed by atoms with Crippen LogP contribution in [0.2, 0.25) is 0 Å². The highest BCUT2D eigenvalue weighted by Crippen LogP contribution is 2.15. The van der Waals surface area contributed by atoms with Gasteiger partial charge in [0.2, 0.25) is 0 Å². The molecular weight excluding hydrogens is 386 g/mol. The molecule has 1 amide bonds. The van der Waals surface area contributed by atoms with Crippen molar-refractivity contribution in [2.75, 3.05) is 12.4 Å². The van der Waals surface area contributed by atoms with E-state index < -0.39 is 18.0 Å². The molecule has 30 heavy (non-hydrogen) atoms. The van der Waals surface area contributed by atoms with Crippen molar-refractivity contribution in [3.05, 3.63) is 64.7 Å². The van der Waals surface area contributed by atoms with Gasteiger partial charge in [0.05, 0.1) is 24.4 Å². The summed E-state index contributed by atoms with van der Waals surface area (Å²) in [7, 11) is 3.17. The van der Waals surface area contributed by atoms with Crippen LogP contribution in [0.25, 0.3) is 10.9 Å². The normalized spacial score (nSPS) is 11.7. The molecule has 8 nitrogen and oxygen atoms in total. The number of nitrogens with one attached hydrogen (secondary N) is 1. The van der Waals surface area contributed by atoms with E-state index in [1.807, 2.05) is 0 Å². The molecule has 8 heteroatoms. The van der Waals surface area contributed by atoms with Crippen molar-refractivity contribution in [2.45, 2.75) is 25.9 Å². The minimum atomic E-state index is -0.965. The van der Waals surface area contributed by atoms with Crippen LogP contribution in [0.3, 0.4) is 0 Å². The Hall–Kier alpha value is -3.68. The van der Waals surface area contributed by atoms with Crippen molar-refractivity contribution in [3.8, 4) is 5.75 Å².